The lowest BCUT2D eigenvalue weighted by molar-refractivity contribution is -0.118. The lowest BCUT2D eigenvalue weighted by Crippen LogP contribution is -2.42. The summed E-state index contributed by atoms with van der Waals surface area (Å²) in [7, 11) is 0. The third-order valence-electron chi connectivity index (χ3n) is 1.99. The number of hydrogen-bond donors (Lipinski definition) is 1. The number of carbonyl (C=O) groups excluding carboxylic acids is 1. The monoisotopic (exact) mass is 183 g/mol. The number of rotatable bonds is 5. The third kappa shape index (κ3) is 6.38. The van der Waals surface area contributed by atoms with Gasteiger partial charge in [-0.2, -0.15) is 0 Å². The zero-order chi connectivity index (χ0) is 10.5. The highest BCUT2D eigenvalue weighted by Gasteiger charge is 2.18. The molecule has 0 aliphatic carbocycles. The summed E-state index contributed by atoms with van der Waals surface area (Å²) in [6.07, 6.45) is 3.45. The van der Waals surface area contributed by atoms with Crippen molar-refractivity contribution in [3.63, 3.8) is 0 Å². The van der Waals surface area contributed by atoms with Crippen LogP contribution < -0.4 is 5.32 Å². The maximum Gasteiger partial charge on any atom is 0.243 e. The topological polar surface area (TPSA) is 29.1 Å². The molecule has 0 atom stereocenters. The van der Waals surface area contributed by atoms with Crippen LogP contribution in [0.15, 0.2) is 12.7 Å². The summed E-state index contributed by atoms with van der Waals surface area (Å²) in [4.78, 5) is 11.0. The Morgan fingerprint density at radius 2 is 2.08 bits per heavy atom. The molecule has 0 aliphatic rings. The summed E-state index contributed by atoms with van der Waals surface area (Å²) in [6, 6.07) is 0. The third-order valence-corrected chi connectivity index (χ3v) is 1.99. The first-order valence-corrected chi connectivity index (χ1v) is 4.82. The van der Waals surface area contributed by atoms with Gasteiger partial charge in [0.15, 0.2) is 0 Å². The van der Waals surface area contributed by atoms with Crippen LogP contribution in [0.2, 0.25) is 0 Å². The largest absolute Gasteiger partial charge is 0.348 e. The quantitative estimate of drug-likeness (QED) is 0.652. The van der Waals surface area contributed by atoms with E-state index in [9.17, 15) is 4.79 Å². The van der Waals surface area contributed by atoms with Gasteiger partial charge in [0.2, 0.25) is 5.91 Å². The minimum Gasteiger partial charge on any atom is -0.348 e. The van der Waals surface area contributed by atoms with Gasteiger partial charge >= 0.3 is 0 Å². The molecule has 1 N–H and O–H groups in total. The molecule has 0 unspecified atom stereocenters. The van der Waals surface area contributed by atoms with Crippen molar-refractivity contribution in [3.8, 4) is 0 Å². The number of nitrogens with one attached hydrogen (secondary N) is 1. The summed E-state index contributed by atoms with van der Waals surface area (Å²) in [5.74, 6) is 0.591. The van der Waals surface area contributed by atoms with Gasteiger partial charge in [0, 0.05) is 5.54 Å². The Morgan fingerprint density at radius 3 is 2.46 bits per heavy atom. The molecule has 76 valence electrons. The fourth-order valence-electron chi connectivity index (χ4n) is 1.10. The standard InChI is InChI=1S/C11H21NO/c1-6-10(13)12-11(4,5)8-7-9(2)3/h6,9H,1,7-8H2,2-5H3,(H,12,13). The van der Waals surface area contributed by atoms with Crippen LogP contribution in [0.5, 0.6) is 0 Å². The Balaban J connectivity index is 3.92. The van der Waals surface area contributed by atoms with E-state index in [1.54, 1.807) is 0 Å². The normalized spacial score (nSPS) is 11.5. The molecule has 0 aromatic rings. The Morgan fingerprint density at radius 1 is 1.54 bits per heavy atom. The number of carbonyl (C=O) groups is 1. The van der Waals surface area contributed by atoms with Gasteiger partial charge in [0.25, 0.3) is 0 Å². The van der Waals surface area contributed by atoms with Crippen molar-refractivity contribution in [2.75, 3.05) is 0 Å². The minimum atomic E-state index is -0.116. The van der Waals surface area contributed by atoms with Gasteiger partial charge in [-0.1, -0.05) is 20.4 Å². The van der Waals surface area contributed by atoms with Gasteiger partial charge in [0.1, 0.15) is 0 Å². The van der Waals surface area contributed by atoms with Crippen LogP contribution in [0.4, 0.5) is 0 Å². The van der Waals surface area contributed by atoms with E-state index in [0.717, 1.165) is 12.8 Å². The van der Waals surface area contributed by atoms with Crippen LogP contribution in [0.25, 0.3) is 0 Å². The molecule has 0 fully saturated rings. The average Bonchev–Trinajstić information content (AvgIpc) is 2.00. The highest BCUT2D eigenvalue weighted by Crippen LogP contribution is 2.15. The second kappa shape index (κ2) is 5.05. The Hall–Kier alpha value is -0.790. The van der Waals surface area contributed by atoms with Crippen LogP contribution in [-0.2, 0) is 4.79 Å². The van der Waals surface area contributed by atoms with Gasteiger partial charge in [-0.3, -0.25) is 4.79 Å². The molecule has 0 heterocycles. The van der Waals surface area contributed by atoms with Gasteiger partial charge in [-0.05, 0) is 38.7 Å². The molecule has 0 spiro atoms. The van der Waals surface area contributed by atoms with Gasteiger partial charge < -0.3 is 5.32 Å². The van der Waals surface area contributed by atoms with Crippen LogP contribution >= 0.6 is 0 Å². The van der Waals surface area contributed by atoms with E-state index in [4.69, 9.17) is 0 Å². The lowest BCUT2D eigenvalue weighted by Gasteiger charge is -2.26. The summed E-state index contributed by atoms with van der Waals surface area (Å²) in [5.41, 5.74) is -0.116. The van der Waals surface area contributed by atoms with E-state index < -0.39 is 0 Å². The molecule has 1 amide bonds. The van der Waals surface area contributed by atoms with E-state index in [1.807, 2.05) is 13.8 Å². The Bertz CT molecular complexity index is 183. The number of amides is 1. The molecule has 2 nitrogen and oxygen atoms in total. The second-order valence-electron chi connectivity index (χ2n) is 4.51. The lowest BCUT2D eigenvalue weighted by atomic mass is 9.94. The van der Waals surface area contributed by atoms with Gasteiger partial charge in [0.05, 0.1) is 0 Å². The second-order valence-corrected chi connectivity index (χ2v) is 4.51. The predicted octanol–water partition coefficient (Wildman–Crippen LogP) is 2.50. The Kier molecular flexibility index (Phi) is 4.74. The van der Waals surface area contributed by atoms with Crippen molar-refractivity contribution < 1.29 is 4.79 Å². The maximum atomic E-state index is 11.0. The van der Waals surface area contributed by atoms with Crippen LogP contribution in [-0.4, -0.2) is 11.4 Å². The van der Waals surface area contributed by atoms with E-state index >= 15 is 0 Å². The molecule has 0 rings (SSSR count). The summed E-state index contributed by atoms with van der Waals surface area (Å²) < 4.78 is 0. The zero-order valence-corrected chi connectivity index (χ0v) is 9.18. The van der Waals surface area contributed by atoms with Crippen LogP contribution in [0, 0.1) is 5.92 Å². The fraction of sp³-hybridized carbons (Fsp3) is 0.727. The number of hydrogen-bond acceptors (Lipinski definition) is 1. The van der Waals surface area contributed by atoms with Crippen molar-refractivity contribution in [1.82, 2.24) is 5.32 Å². The van der Waals surface area contributed by atoms with Crippen LogP contribution in [0.1, 0.15) is 40.5 Å². The SMILES string of the molecule is C=CC(=O)NC(C)(C)CCC(C)C. The molecule has 0 aliphatic heterocycles. The predicted molar refractivity (Wildman–Crippen MR) is 56.5 cm³/mol. The Labute approximate surface area is 81.4 Å². The van der Waals surface area contributed by atoms with Crippen molar-refractivity contribution >= 4 is 5.91 Å². The van der Waals surface area contributed by atoms with E-state index in [-0.39, 0.29) is 11.4 Å². The molecule has 2 heteroatoms. The first kappa shape index (κ1) is 12.2. The minimum absolute atomic E-state index is 0.0891. The molecular formula is C11H21NO. The van der Waals surface area contributed by atoms with Crippen molar-refractivity contribution in [2.45, 2.75) is 46.1 Å². The first-order chi connectivity index (χ1) is 5.87. The first-order valence-electron chi connectivity index (χ1n) is 4.82. The smallest absolute Gasteiger partial charge is 0.243 e. The fourth-order valence-corrected chi connectivity index (χ4v) is 1.10. The maximum absolute atomic E-state index is 11.0. The molecule has 0 saturated heterocycles. The molecule has 0 aromatic carbocycles. The van der Waals surface area contributed by atoms with Gasteiger partial charge in [-0.25, -0.2) is 0 Å². The molecule has 13 heavy (non-hydrogen) atoms. The van der Waals surface area contributed by atoms with Crippen molar-refractivity contribution in [1.29, 1.82) is 0 Å². The molecular weight excluding hydrogens is 162 g/mol. The summed E-state index contributed by atoms with van der Waals surface area (Å²) in [6.45, 7) is 11.9. The highest BCUT2D eigenvalue weighted by atomic mass is 16.1. The molecule has 0 radical (unpaired) electrons. The van der Waals surface area contributed by atoms with Crippen LogP contribution in [0.3, 0.4) is 0 Å². The highest BCUT2D eigenvalue weighted by molar-refractivity contribution is 5.87. The summed E-state index contributed by atoms with van der Waals surface area (Å²) in [5, 5.41) is 2.90. The summed E-state index contributed by atoms with van der Waals surface area (Å²) >= 11 is 0. The molecule has 0 saturated carbocycles. The van der Waals surface area contributed by atoms with E-state index in [0.29, 0.717) is 5.92 Å². The zero-order valence-electron chi connectivity index (χ0n) is 9.18. The van der Waals surface area contributed by atoms with Crippen molar-refractivity contribution in [2.24, 2.45) is 5.92 Å². The van der Waals surface area contributed by atoms with Gasteiger partial charge in [-0.15, -0.1) is 0 Å². The van der Waals surface area contributed by atoms with Crippen molar-refractivity contribution in [3.05, 3.63) is 12.7 Å². The molecule has 0 aromatic heterocycles. The van der Waals surface area contributed by atoms with E-state index in [1.165, 1.54) is 6.08 Å². The van der Waals surface area contributed by atoms with E-state index in [2.05, 4.69) is 25.7 Å². The average molecular weight is 183 g/mol. The molecule has 0 bridgehead atoms.